The van der Waals surface area contributed by atoms with E-state index in [9.17, 15) is 22.0 Å². The van der Waals surface area contributed by atoms with E-state index in [1.165, 1.54) is 7.11 Å². The molecule has 0 amide bonds. The number of hydrogen-bond acceptors (Lipinski definition) is 7. The lowest BCUT2D eigenvalue weighted by Crippen LogP contribution is -2.33. The minimum atomic E-state index is -4.64. The van der Waals surface area contributed by atoms with Crippen LogP contribution in [0.4, 0.5) is 27.9 Å². The first kappa shape index (κ1) is 24.2. The zero-order chi connectivity index (χ0) is 25.4. The van der Waals surface area contributed by atoms with Gasteiger partial charge in [-0.05, 0) is 43.4 Å². The molecular weight excluding hydrogens is 489 g/mol. The summed E-state index contributed by atoms with van der Waals surface area (Å²) in [6, 6.07) is 5.09. The van der Waals surface area contributed by atoms with Crippen LogP contribution in [-0.2, 0) is 11.3 Å². The zero-order valence-corrected chi connectivity index (χ0v) is 19.0. The predicted octanol–water partition coefficient (Wildman–Crippen LogP) is 4.90. The summed E-state index contributed by atoms with van der Waals surface area (Å²) in [4.78, 5) is 12.1. The molecule has 0 bridgehead atoms. The second-order valence-electron chi connectivity index (χ2n) is 8.53. The van der Waals surface area contributed by atoms with Crippen LogP contribution in [0, 0.1) is 0 Å². The van der Waals surface area contributed by atoms with Crippen LogP contribution in [0.25, 0.3) is 33.2 Å². The van der Waals surface area contributed by atoms with Gasteiger partial charge in [0.1, 0.15) is 17.7 Å². The number of rotatable bonds is 7. The van der Waals surface area contributed by atoms with Crippen LogP contribution in [-0.4, -0.2) is 62.0 Å². The first-order valence-corrected chi connectivity index (χ1v) is 11.3. The van der Waals surface area contributed by atoms with Crippen LogP contribution in [0.2, 0.25) is 0 Å². The fourth-order valence-corrected chi connectivity index (χ4v) is 4.53. The van der Waals surface area contributed by atoms with Gasteiger partial charge in [0.25, 0.3) is 6.43 Å². The molecule has 0 radical (unpaired) electrons. The van der Waals surface area contributed by atoms with Gasteiger partial charge in [0.15, 0.2) is 0 Å². The zero-order valence-electron chi connectivity index (χ0n) is 19.0. The van der Waals surface area contributed by atoms with Gasteiger partial charge >= 0.3 is 6.36 Å². The van der Waals surface area contributed by atoms with E-state index in [0.717, 1.165) is 4.68 Å². The Morgan fingerprint density at radius 3 is 2.64 bits per heavy atom. The number of aromatic amines is 1. The number of ether oxygens (including phenoxy) is 2. The maximum Gasteiger partial charge on any atom is 0.522 e. The first-order chi connectivity index (χ1) is 17.2. The summed E-state index contributed by atoms with van der Waals surface area (Å²) in [7, 11) is 1.47. The van der Waals surface area contributed by atoms with E-state index < -0.39 is 25.4 Å². The smallest absolute Gasteiger partial charge is 0.480 e. The van der Waals surface area contributed by atoms with Crippen molar-refractivity contribution in [2.24, 2.45) is 0 Å². The minimum Gasteiger partial charge on any atom is -0.480 e. The molecule has 3 aromatic heterocycles. The van der Waals surface area contributed by atoms with Crippen molar-refractivity contribution in [2.75, 3.05) is 12.4 Å². The largest absolute Gasteiger partial charge is 0.522 e. The Labute approximate surface area is 201 Å². The second kappa shape index (κ2) is 9.48. The summed E-state index contributed by atoms with van der Waals surface area (Å²) in [5.74, 6) is 0.565. The highest BCUT2D eigenvalue weighted by Gasteiger charge is 2.35. The molecular formula is C22H22F5N7O2. The standard InChI is InChI=1S/C22H22F5N7O2/c1-35-20-18-14(11-2-7-15-16(8-11)34(33-32-15)10-17(23)24)9-28-19(18)30-21(31-20)29-12-3-5-13(6-4-12)36-22(25,26)27/h2,7-9,12-13,17H,3-6,10H2,1H3,(H2,28,29,30,31). The summed E-state index contributed by atoms with van der Waals surface area (Å²) in [5.41, 5.74) is 2.84. The number of nitrogens with one attached hydrogen (secondary N) is 2. The molecule has 4 aromatic rings. The Bertz CT molecular complexity index is 1360. The number of hydrogen-bond donors (Lipinski definition) is 2. The number of alkyl halides is 5. The second-order valence-corrected chi connectivity index (χ2v) is 8.53. The van der Waals surface area contributed by atoms with E-state index in [-0.39, 0.29) is 30.7 Å². The summed E-state index contributed by atoms with van der Waals surface area (Å²) >= 11 is 0. The van der Waals surface area contributed by atoms with E-state index in [1.807, 2.05) is 0 Å². The molecule has 0 unspecified atom stereocenters. The van der Waals surface area contributed by atoms with Crippen molar-refractivity contribution in [3.05, 3.63) is 24.4 Å². The molecule has 0 saturated heterocycles. The van der Waals surface area contributed by atoms with Crippen molar-refractivity contribution in [1.82, 2.24) is 29.9 Å². The third-order valence-corrected chi connectivity index (χ3v) is 6.14. The summed E-state index contributed by atoms with van der Waals surface area (Å²) in [6.07, 6.45) is -4.86. The molecule has 9 nitrogen and oxygen atoms in total. The minimum absolute atomic E-state index is 0.111. The van der Waals surface area contributed by atoms with E-state index in [0.29, 0.717) is 46.0 Å². The van der Waals surface area contributed by atoms with Crippen molar-refractivity contribution >= 4 is 28.0 Å². The van der Waals surface area contributed by atoms with Gasteiger partial charge in [-0.25, -0.2) is 13.5 Å². The summed E-state index contributed by atoms with van der Waals surface area (Å²) in [6.45, 7) is -0.570. The molecule has 5 rings (SSSR count). The molecule has 0 spiro atoms. The van der Waals surface area contributed by atoms with Gasteiger partial charge in [0, 0.05) is 17.8 Å². The molecule has 1 aromatic carbocycles. The van der Waals surface area contributed by atoms with Gasteiger partial charge < -0.3 is 15.0 Å². The van der Waals surface area contributed by atoms with Crippen LogP contribution in [0.3, 0.4) is 0 Å². The Morgan fingerprint density at radius 1 is 1.17 bits per heavy atom. The SMILES string of the molecule is COc1nc(NC2CCC(OC(F)(F)F)CC2)nc2[nH]cc(-c3ccc4nnn(CC(F)F)c4c3)c12. The van der Waals surface area contributed by atoms with Crippen LogP contribution in [0.1, 0.15) is 25.7 Å². The monoisotopic (exact) mass is 511 g/mol. The lowest BCUT2D eigenvalue weighted by Gasteiger charge is -2.29. The molecule has 192 valence electrons. The molecule has 1 saturated carbocycles. The Morgan fingerprint density at radius 2 is 1.94 bits per heavy atom. The van der Waals surface area contributed by atoms with Crippen molar-refractivity contribution in [3.8, 4) is 17.0 Å². The predicted molar refractivity (Wildman–Crippen MR) is 120 cm³/mol. The molecule has 36 heavy (non-hydrogen) atoms. The first-order valence-electron chi connectivity index (χ1n) is 11.3. The van der Waals surface area contributed by atoms with Crippen LogP contribution >= 0.6 is 0 Å². The highest BCUT2D eigenvalue weighted by Crippen LogP contribution is 2.36. The Balaban J connectivity index is 1.39. The van der Waals surface area contributed by atoms with Gasteiger partial charge in [-0.3, -0.25) is 4.74 Å². The topological polar surface area (TPSA) is 103 Å². The average Bonchev–Trinajstić information content (AvgIpc) is 3.42. The van der Waals surface area contributed by atoms with Gasteiger partial charge in [-0.15, -0.1) is 18.3 Å². The lowest BCUT2D eigenvalue weighted by atomic mass is 9.93. The molecule has 14 heteroatoms. The van der Waals surface area contributed by atoms with Gasteiger partial charge in [-0.1, -0.05) is 11.3 Å². The molecule has 2 N–H and O–H groups in total. The average molecular weight is 511 g/mol. The Hall–Kier alpha value is -3.55. The molecule has 1 aliphatic rings. The van der Waals surface area contributed by atoms with Gasteiger partial charge in [0.2, 0.25) is 11.8 Å². The van der Waals surface area contributed by atoms with Crippen molar-refractivity contribution in [1.29, 1.82) is 0 Å². The molecule has 0 atom stereocenters. The lowest BCUT2D eigenvalue weighted by molar-refractivity contribution is -0.345. The molecule has 1 aliphatic carbocycles. The summed E-state index contributed by atoms with van der Waals surface area (Å²) in [5, 5.41) is 11.5. The highest BCUT2D eigenvalue weighted by molar-refractivity contribution is 5.99. The number of benzene rings is 1. The van der Waals surface area contributed by atoms with Crippen molar-refractivity contribution < 1.29 is 31.4 Å². The number of aromatic nitrogens is 6. The van der Waals surface area contributed by atoms with Gasteiger partial charge in [-0.2, -0.15) is 9.97 Å². The van der Waals surface area contributed by atoms with E-state index in [1.54, 1.807) is 24.4 Å². The van der Waals surface area contributed by atoms with Crippen molar-refractivity contribution in [2.45, 2.75) is 57.2 Å². The Kier molecular flexibility index (Phi) is 6.36. The quantitative estimate of drug-likeness (QED) is 0.340. The highest BCUT2D eigenvalue weighted by atomic mass is 19.4. The third kappa shape index (κ3) is 5.03. The number of nitrogens with zero attached hydrogens (tertiary/aromatic N) is 5. The number of H-pyrrole nitrogens is 1. The number of anilines is 1. The number of fused-ring (bicyclic) bond motifs is 2. The van der Waals surface area contributed by atoms with Crippen LogP contribution < -0.4 is 10.1 Å². The van der Waals surface area contributed by atoms with E-state index in [2.05, 4.69) is 35.3 Å². The maximum atomic E-state index is 12.9. The van der Waals surface area contributed by atoms with Gasteiger partial charge in [0.05, 0.1) is 24.1 Å². The van der Waals surface area contributed by atoms with E-state index >= 15 is 0 Å². The summed E-state index contributed by atoms with van der Waals surface area (Å²) < 4.78 is 74.0. The molecule has 3 heterocycles. The fraction of sp³-hybridized carbons (Fsp3) is 0.455. The normalized spacial score (nSPS) is 18.9. The van der Waals surface area contributed by atoms with Crippen molar-refractivity contribution in [3.63, 3.8) is 0 Å². The van der Waals surface area contributed by atoms with E-state index in [4.69, 9.17) is 4.74 Å². The van der Waals surface area contributed by atoms with Crippen LogP contribution in [0.15, 0.2) is 24.4 Å². The molecule has 0 aliphatic heterocycles. The molecule has 1 fully saturated rings. The maximum absolute atomic E-state index is 12.9. The van der Waals surface area contributed by atoms with Crippen LogP contribution in [0.5, 0.6) is 5.88 Å². The number of halogens is 5. The fourth-order valence-electron chi connectivity index (χ4n) is 4.53. The number of methoxy groups -OCH3 is 1. The third-order valence-electron chi connectivity index (χ3n) is 6.14.